The summed E-state index contributed by atoms with van der Waals surface area (Å²) in [5, 5.41) is 0. The second-order valence-electron chi connectivity index (χ2n) is 7.94. The van der Waals surface area contributed by atoms with Crippen LogP contribution < -0.4 is 21.1 Å². The van der Waals surface area contributed by atoms with Gasteiger partial charge in [0.25, 0.3) is 5.91 Å². The molecule has 1 heterocycles. The van der Waals surface area contributed by atoms with Gasteiger partial charge in [0.05, 0.1) is 17.2 Å². The number of hydrogen-bond donors (Lipinski definition) is 2. The number of piperidine rings is 1. The monoisotopic (exact) mass is 417 g/mol. The van der Waals surface area contributed by atoms with E-state index in [1.165, 1.54) is 32.1 Å². The van der Waals surface area contributed by atoms with Gasteiger partial charge in [-0.25, -0.2) is 0 Å². The number of nitrogens with two attached hydrogens (primary N) is 2. The van der Waals surface area contributed by atoms with Crippen molar-refractivity contribution in [1.82, 2.24) is 0 Å². The fraction of sp³-hybridized carbons (Fsp3) is 0.545. The number of carbonyl (C=O) groups excluding carboxylic acids is 2. The molecule has 1 atom stereocenters. The Balaban J connectivity index is 1.92. The summed E-state index contributed by atoms with van der Waals surface area (Å²) >= 11 is 0.799. The Morgan fingerprint density at radius 1 is 1.21 bits per heavy atom. The van der Waals surface area contributed by atoms with Gasteiger partial charge in [-0.15, -0.1) is 0 Å². The van der Waals surface area contributed by atoms with Crippen molar-refractivity contribution in [2.45, 2.75) is 51.0 Å². The molecule has 0 bridgehead atoms. The molecular weight excluding hydrogens is 386 g/mol. The molecular formula is C22H31N3O3S. The van der Waals surface area contributed by atoms with E-state index in [9.17, 15) is 9.59 Å². The Labute approximate surface area is 177 Å². The maximum atomic E-state index is 11.8. The number of primary amides is 1. The molecule has 1 amide bonds. The van der Waals surface area contributed by atoms with Gasteiger partial charge in [0, 0.05) is 24.7 Å². The number of ether oxygens (including phenoxy) is 1. The first-order valence-corrected chi connectivity index (χ1v) is 11.3. The quantitative estimate of drug-likeness (QED) is 0.497. The summed E-state index contributed by atoms with van der Waals surface area (Å²) in [6, 6.07) is 5.93. The average Bonchev–Trinajstić information content (AvgIpc) is 2.72. The summed E-state index contributed by atoms with van der Waals surface area (Å²) < 4.78 is 6.30. The van der Waals surface area contributed by atoms with Gasteiger partial charge in [0.2, 0.25) is 0 Å². The minimum Gasteiger partial charge on any atom is -0.491 e. The van der Waals surface area contributed by atoms with Crippen LogP contribution in [0.1, 0.15) is 50.5 Å². The van der Waals surface area contributed by atoms with Crippen LogP contribution in [0.5, 0.6) is 5.75 Å². The number of hydrogen-bond acceptors (Lipinski definition) is 6. The van der Waals surface area contributed by atoms with E-state index < -0.39 is 5.91 Å². The van der Waals surface area contributed by atoms with Crippen LogP contribution in [-0.2, 0) is 9.59 Å². The van der Waals surface area contributed by atoms with E-state index in [0.29, 0.717) is 18.1 Å². The third-order valence-corrected chi connectivity index (χ3v) is 6.38. The van der Waals surface area contributed by atoms with Gasteiger partial charge in [-0.3, -0.25) is 9.59 Å². The summed E-state index contributed by atoms with van der Waals surface area (Å²) in [4.78, 5) is 25.2. The van der Waals surface area contributed by atoms with Gasteiger partial charge in [-0.1, -0.05) is 31.4 Å². The molecule has 7 heteroatoms. The number of thioether (sulfide) groups is 1. The Bertz CT molecular complexity index is 747. The van der Waals surface area contributed by atoms with Crippen LogP contribution >= 0.6 is 11.8 Å². The lowest BCUT2D eigenvalue weighted by Gasteiger charge is -2.35. The lowest BCUT2D eigenvalue weighted by atomic mass is 9.90. The summed E-state index contributed by atoms with van der Waals surface area (Å²) in [6.45, 7) is 2.31. The lowest BCUT2D eigenvalue weighted by Crippen LogP contribution is -2.43. The number of benzene rings is 1. The van der Waals surface area contributed by atoms with E-state index in [0.717, 1.165) is 54.7 Å². The molecule has 0 spiro atoms. The first kappa shape index (κ1) is 21.7. The molecule has 6 nitrogen and oxygen atoms in total. The second-order valence-corrected chi connectivity index (χ2v) is 8.81. The zero-order chi connectivity index (χ0) is 20.6. The van der Waals surface area contributed by atoms with Crippen molar-refractivity contribution in [1.29, 1.82) is 0 Å². The standard InChI is InChI=1S/C22H31N3O3S/c23-18-9-5-11-25(13-18)21-17(12-20(22(24)27)29-15-26)8-4-10-19(21)28-14-16-6-2-1-3-7-16/h4,8,10,12,15-16,18H,1-3,5-7,9,11,13-14,23H2,(H2,24,27)/b20-12-/t18-/m1/s1. The molecule has 1 aromatic rings. The number of para-hydroxylation sites is 1. The van der Waals surface area contributed by atoms with Crippen LogP contribution in [-0.4, -0.2) is 37.3 Å². The number of rotatable bonds is 8. The van der Waals surface area contributed by atoms with Gasteiger partial charge >= 0.3 is 0 Å². The van der Waals surface area contributed by atoms with E-state index in [-0.39, 0.29) is 10.9 Å². The highest BCUT2D eigenvalue weighted by molar-refractivity contribution is 8.16. The number of carbonyl (C=O) groups is 2. The van der Waals surface area contributed by atoms with Gasteiger partial charge < -0.3 is 21.1 Å². The van der Waals surface area contributed by atoms with Crippen molar-refractivity contribution in [3.8, 4) is 5.75 Å². The van der Waals surface area contributed by atoms with Crippen molar-refractivity contribution < 1.29 is 14.3 Å². The highest BCUT2D eigenvalue weighted by atomic mass is 32.2. The molecule has 29 heavy (non-hydrogen) atoms. The Kier molecular flexibility index (Phi) is 8.00. The first-order valence-electron chi connectivity index (χ1n) is 10.5. The molecule has 1 aromatic carbocycles. The molecule has 158 valence electrons. The third kappa shape index (κ3) is 6.00. The summed E-state index contributed by atoms with van der Waals surface area (Å²) in [5.74, 6) is 0.779. The first-order chi connectivity index (χ1) is 14.1. The van der Waals surface area contributed by atoms with Gasteiger partial charge in [-0.2, -0.15) is 0 Å². The van der Waals surface area contributed by atoms with E-state index in [2.05, 4.69) is 4.90 Å². The Morgan fingerprint density at radius 3 is 2.69 bits per heavy atom. The van der Waals surface area contributed by atoms with E-state index in [4.69, 9.17) is 16.2 Å². The maximum Gasteiger partial charge on any atom is 0.255 e. The molecule has 0 aromatic heterocycles. The maximum absolute atomic E-state index is 11.8. The number of anilines is 1. The fourth-order valence-corrected chi connectivity index (χ4v) is 4.66. The molecule has 1 saturated carbocycles. The normalized spacial score (nSPS) is 21.1. The molecule has 0 radical (unpaired) electrons. The molecule has 2 aliphatic rings. The zero-order valence-corrected chi connectivity index (χ0v) is 17.7. The molecule has 0 unspecified atom stereocenters. The minimum atomic E-state index is -0.614. The third-order valence-electron chi connectivity index (χ3n) is 5.71. The van der Waals surface area contributed by atoms with Crippen LogP contribution in [0.25, 0.3) is 6.08 Å². The van der Waals surface area contributed by atoms with Gasteiger partial charge in [0.1, 0.15) is 5.75 Å². The average molecular weight is 418 g/mol. The van der Waals surface area contributed by atoms with Crippen LogP contribution in [0.2, 0.25) is 0 Å². The molecule has 1 aliphatic carbocycles. The molecule has 3 rings (SSSR count). The van der Waals surface area contributed by atoms with Crippen LogP contribution in [0, 0.1) is 5.92 Å². The zero-order valence-electron chi connectivity index (χ0n) is 16.8. The number of nitrogens with zero attached hydrogens (tertiary/aromatic N) is 1. The SMILES string of the molecule is NC(=O)/C(=C/c1cccc(OCC2CCCCC2)c1N1CCC[C@@H](N)C1)SC=O. The molecule has 1 saturated heterocycles. The fourth-order valence-electron chi connectivity index (χ4n) is 4.24. The lowest BCUT2D eigenvalue weighted by molar-refractivity contribution is -0.113. The summed E-state index contributed by atoms with van der Waals surface area (Å²) in [6.07, 6.45) is 9.98. The Morgan fingerprint density at radius 2 is 2.00 bits per heavy atom. The van der Waals surface area contributed by atoms with Crippen molar-refractivity contribution in [3.63, 3.8) is 0 Å². The van der Waals surface area contributed by atoms with E-state index >= 15 is 0 Å². The Hall–Kier alpha value is -1.99. The van der Waals surface area contributed by atoms with Crippen LogP contribution in [0.4, 0.5) is 5.69 Å². The predicted octanol–water partition coefficient (Wildman–Crippen LogP) is 3.32. The topological polar surface area (TPSA) is 98.7 Å². The van der Waals surface area contributed by atoms with Crippen LogP contribution in [0.3, 0.4) is 0 Å². The molecule has 1 aliphatic heterocycles. The highest BCUT2D eigenvalue weighted by Gasteiger charge is 2.23. The summed E-state index contributed by atoms with van der Waals surface area (Å²) in [7, 11) is 0. The van der Waals surface area contributed by atoms with Crippen molar-refractivity contribution in [2.75, 3.05) is 24.6 Å². The van der Waals surface area contributed by atoms with Crippen molar-refractivity contribution >= 4 is 35.1 Å². The minimum absolute atomic E-state index is 0.104. The van der Waals surface area contributed by atoms with Crippen molar-refractivity contribution in [3.05, 3.63) is 28.7 Å². The molecule has 4 N–H and O–H groups in total. The largest absolute Gasteiger partial charge is 0.491 e. The highest BCUT2D eigenvalue weighted by Crippen LogP contribution is 2.37. The second kappa shape index (κ2) is 10.7. The smallest absolute Gasteiger partial charge is 0.255 e. The van der Waals surface area contributed by atoms with E-state index in [1.54, 1.807) is 6.08 Å². The van der Waals surface area contributed by atoms with Crippen LogP contribution in [0.15, 0.2) is 23.1 Å². The predicted molar refractivity (Wildman–Crippen MR) is 119 cm³/mol. The van der Waals surface area contributed by atoms with Crippen molar-refractivity contribution in [2.24, 2.45) is 17.4 Å². The van der Waals surface area contributed by atoms with Gasteiger partial charge in [0.15, 0.2) is 5.62 Å². The summed E-state index contributed by atoms with van der Waals surface area (Å²) in [5.41, 5.74) is 14.1. The van der Waals surface area contributed by atoms with Gasteiger partial charge in [-0.05, 0) is 55.5 Å². The molecule has 2 fully saturated rings. The number of amides is 1. The van der Waals surface area contributed by atoms with E-state index in [1.807, 2.05) is 18.2 Å².